The number of pyridine rings is 1. The lowest BCUT2D eigenvalue weighted by Gasteiger charge is -2.10. The highest BCUT2D eigenvalue weighted by Gasteiger charge is 2.21. The van der Waals surface area contributed by atoms with Crippen molar-refractivity contribution in [3.63, 3.8) is 0 Å². The van der Waals surface area contributed by atoms with Gasteiger partial charge in [-0.1, -0.05) is 11.2 Å². The van der Waals surface area contributed by atoms with Crippen LogP contribution in [0.1, 0.15) is 39.0 Å². The molecule has 0 saturated heterocycles. The van der Waals surface area contributed by atoms with Crippen LogP contribution < -0.4 is 5.32 Å². The molecule has 1 aromatic carbocycles. The molecule has 0 radical (unpaired) electrons. The number of imidazole rings is 1. The van der Waals surface area contributed by atoms with Gasteiger partial charge in [0.25, 0.3) is 11.6 Å². The second kappa shape index (κ2) is 8.26. The summed E-state index contributed by atoms with van der Waals surface area (Å²) >= 11 is 0. The molecule has 4 aromatic heterocycles. The van der Waals surface area contributed by atoms with Crippen LogP contribution in [0.5, 0.6) is 0 Å². The normalized spacial score (nSPS) is 11.3. The van der Waals surface area contributed by atoms with E-state index in [4.69, 9.17) is 8.94 Å². The smallest absolute Gasteiger partial charge is 0.259 e. The van der Waals surface area contributed by atoms with Gasteiger partial charge in [0.05, 0.1) is 28.0 Å². The Bertz CT molecular complexity index is 1550. The number of benzene rings is 1. The lowest BCUT2D eigenvalue weighted by Crippen LogP contribution is -2.23. The number of fused-ring (bicyclic) bond motifs is 1. The first kappa shape index (κ1) is 21.6. The average molecular weight is 459 g/mol. The number of aryl methyl sites for hydroxylation is 4. The van der Waals surface area contributed by atoms with Crippen LogP contribution in [0.2, 0.25) is 0 Å². The molecule has 0 aliphatic rings. The van der Waals surface area contributed by atoms with Crippen molar-refractivity contribution in [2.45, 2.75) is 34.2 Å². The van der Waals surface area contributed by atoms with Gasteiger partial charge < -0.3 is 18.8 Å². The van der Waals surface area contributed by atoms with Gasteiger partial charge in [0.1, 0.15) is 23.2 Å². The predicted octanol–water partition coefficient (Wildman–Crippen LogP) is 4.97. The maximum Gasteiger partial charge on any atom is 0.259 e. The molecule has 8 nitrogen and oxygen atoms in total. The minimum Gasteiger partial charge on any atom is -0.466 e. The molecule has 0 aliphatic carbocycles. The predicted molar refractivity (Wildman–Crippen MR) is 123 cm³/mol. The first-order chi connectivity index (χ1) is 16.3. The van der Waals surface area contributed by atoms with Crippen LogP contribution in [0, 0.1) is 33.5 Å². The first-order valence-electron chi connectivity index (χ1n) is 10.7. The van der Waals surface area contributed by atoms with Crippen molar-refractivity contribution in [3.05, 3.63) is 82.7 Å². The fraction of sp³-hybridized carbons (Fsp3) is 0.200. The quantitative estimate of drug-likeness (QED) is 0.398. The van der Waals surface area contributed by atoms with E-state index in [1.807, 2.05) is 19.9 Å². The van der Waals surface area contributed by atoms with Crippen LogP contribution in [0.4, 0.5) is 4.39 Å². The van der Waals surface area contributed by atoms with E-state index in [0.29, 0.717) is 45.2 Å². The topological polar surface area (TPSA) is 99.0 Å². The van der Waals surface area contributed by atoms with E-state index in [1.54, 1.807) is 49.0 Å². The van der Waals surface area contributed by atoms with E-state index >= 15 is 0 Å². The number of hydrogen-bond donors (Lipinski definition) is 1. The van der Waals surface area contributed by atoms with Crippen molar-refractivity contribution < 1.29 is 18.1 Å². The molecule has 0 unspecified atom stereocenters. The molecule has 0 atom stereocenters. The van der Waals surface area contributed by atoms with Crippen molar-refractivity contribution in [2.75, 3.05) is 0 Å². The third-order valence-electron chi connectivity index (χ3n) is 5.73. The molecule has 9 heteroatoms. The molecule has 34 heavy (non-hydrogen) atoms. The molecule has 0 aliphatic heterocycles. The van der Waals surface area contributed by atoms with Crippen LogP contribution in [0.15, 0.2) is 51.7 Å². The summed E-state index contributed by atoms with van der Waals surface area (Å²) < 4.78 is 27.4. The van der Waals surface area contributed by atoms with Gasteiger partial charge >= 0.3 is 0 Å². The summed E-state index contributed by atoms with van der Waals surface area (Å²) in [4.78, 5) is 21.9. The van der Waals surface area contributed by atoms with Gasteiger partial charge in [-0.2, -0.15) is 0 Å². The zero-order chi connectivity index (χ0) is 24.0. The van der Waals surface area contributed by atoms with E-state index in [1.165, 1.54) is 6.07 Å². The Morgan fingerprint density at radius 2 is 1.97 bits per heavy atom. The summed E-state index contributed by atoms with van der Waals surface area (Å²) in [6, 6.07) is 8.41. The first-order valence-corrected chi connectivity index (χ1v) is 10.7. The van der Waals surface area contributed by atoms with E-state index in [9.17, 15) is 9.18 Å². The number of nitrogens with zero attached hydrogens (tertiary/aromatic N) is 4. The summed E-state index contributed by atoms with van der Waals surface area (Å²) in [7, 11) is 0. The number of furan rings is 1. The number of amides is 1. The minimum atomic E-state index is -0.401. The van der Waals surface area contributed by atoms with Crippen molar-refractivity contribution in [3.8, 4) is 16.9 Å². The molecule has 1 amide bonds. The third kappa shape index (κ3) is 3.75. The number of halogens is 1. The largest absolute Gasteiger partial charge is 0.466 e. The molecule has 5 aromatic rings. The average Bonchev–Trinajstić information content (AvgIpc) is 3.50. The monoisotopic (exact) mass is 459 g/mol. The number of carbonyl (C=O) groups is 1. The highest BCUT2D eigenvalue weighted by Crippen LogP contribution is 2.30. The fourth-order valence-corrected chi connectivity index (χ4v) is 4.06. The van der Waals surface area contributed by atoms with Crippen LogP contribution in [-0.4, -0.2) is 25.6 Å². The van der Waals surface area contributed by atoms with Crippen molar-refractivity contribution >= 4 is 17.0 Å². The summed E-state index contributed by atoms with van der Waals surface area (Å²) in [6.07, 6.45) is 3.32. The lowest BCUT2D eigenvalue weighted by molar-refractivity contribution is 0.0952. The second-order valence-electron chi connectivity index (χ2n) is 8.14. The van der Waals surface area contributed by atoms with E-state index < -0.39 is 5.82 Å². The Balaban J connectivity index is 1.44. The van der Waals surface area contributed by atoms with E-state index in [2.05, 4.69) is 20.4 Å². The van der Waals surface area contributed by atoms with Gasteiger partial charge in [-0.15, -0.1) is 0 Å². The molecule has 0 spiro atoms. The second-order valence-corrected chi connectivity index (χ2v) is 8.14. The SMILES string of the molecule is Cc1cc(-c2cc(C(=O)NCc3ccc(-n4ccnc4C)c(F)c3)c3c(C)noc3n2)c(C)o1. The number of nitrogens with one attached hydrogen (secondary N) is 1. The van der Waals surface area contributed by atoms with Gasteiger partial charge in [-0.25, -0.2) is 14.4 Å². The van der Waals surface area contributed by atoms with Crippen molar-refractivity contribution in [2.24, 2.45) is 0 Å². The Morgan fingerprint density at radius 3 is 2.65 bits per heavy atom. The van der Waals surface area contributed by atoms with Gasteiger partial charge in [0.2, 0.25) is 0 Å². The third-order valence-corrected chi connectivity index (χ3v) is 5.73. The molecule has 4 heterocycles. The minimum absolute atomic E-state index is 0.145. The molecule has 5 rings (SSSR count). The Kier molecular flexibility index (Phi) is 5.24. The fourth-order valence-electron chi connectivity index (χ4n) is 4.06. The lowest BCUT2D eigenvalue weighted by atomic mass is 10.1. The molecular formula is C25H22FN5O3. The van der Waals surface area contributed by atoms with Crippen molar-refractivity contribution in [1.29, 1.82) is 0 Å². The van der Waals surface area contributed by atoms with E-state index in [0.717, 1.165) is 11.3 Å². The number of carbonyl (C=O) groups excluding carboxylic acids is 1. The van der Waals surface area contributed by atoms with Gasteiger partial charge in [0, 0.05) is 24.5 Å². The molecular weight excluding hydrogens is 437 g/mol. The van der Waals surface area contributed by atoms with Crippen LogP contribution in [0.25, 0.3) is 28.0 Å². The Morgan fingerprint density at radius 1 is 1.15 bits per heavy atom. The van der Waals surface area contributed by atoms with Crippen LogP contribution in [-0.2, 0) is 6.54 Å². The van der Waals surface area contributed by atoms with Gasteiger partial charge in [-0.05, 0) is 57.5 Å². The maximum absolute atomic E-state index is 14.7. The number of hydrogen-bond acceptors (Lipinski definition) is 6. The zero-order valence-corrected chi connectivity index (χ0v) is 19.1. The Labute approximate surface area is 194 Å². The summed E-state index contributed by atoms with van der Waals surface area (Å²) in [5, 5.41) is 7.38. The summed E-state index contributed by atoms with van der Waals surface area (Å²) in [5.41, 5.74) is 3.56. The molecule has 1 N–H and O–H groups in total. The molecule has 0 fully saturated rings. The Hall–Kier alpha value is -4.27. The van der Waals surface area contributed by atoms with E-state index in [-0.39, 0.29) is 18.2 Å². The maximum atomic E-state index is 14.7. The number of aromatic nitrogens is 4. The summed E-state index contributed by atoms with van der Waals surface area (Å²) in [6.45, 7) is 7.38. The highest BCUT2D eigenvalue weighted by atomic mass is 19.1. The summed E-state index contributed by atoms with van der Waals surface area (Å²) in [5.74, 6) is 1.38. The van der Waals surface area contributed by atoms with Crippen molar-refractivity contribution in [1.82, 2.24) is 25.0 Å². The molecule has 0 saturated carbocycles. The van der Waals surface area contributed by atoms with Gasteiger partial charge in [0.15, 0.2) is 0 Å². The molecule has 172 valence electrons. The standard InChI is InChI=1S/C25H22FN5O3/c1-13-9-18(15(3)33-13)21-11-19(23-14(2)30-34-25(23)29-21)24(32)28-12-17-5-6-22(20(26)10-17)31-8-7-27-16(31)4/h5-11H,12H2,1-4H3,(H,28,32). The molecule has 0 bridgehead atoms. The van der Waals surface area contributed by atoms with Crippen LogP contribution in [0.3, 0.4) is 0 Å². The van der Waals surface area contributed by atoms with Gasteiger partial charge in [-0.3, -0.25) is 4.79 Å². The van der Waals surface area contributed by atoms with Crippen LogP contribution >= 0.6 is 0 Å². The number of rotatable bonds is 5. The zero-order valence-electron chi connectivity index (χ0n) is 19.1. The highest BCUT2D eigenvalue weighted by molar-refractivity contribution is 6.07.